The first kappa shape index (κ1) is 22.6. The molecule has 2 heterocycles. The lowest BCUT2D eigenvalue weighted by Crippen LogP contribution is -2.41. The van der Waals surface area contributed by atoms with Crippen molar-refractivity contribution < 1.29 is 23.5 Å². The summed E-state index contributed by atoms with van der Waals surface area (Å²) in [6.07, 6.45) is 1.48. The average molecular weight is 459 g/mol. The van der Waals surface area contributed by atoms with Crippen molar-refractivity contribution in [3.05, 3.63) is 51.9 Å². The lowest BCUT2D eigenvalue weighted by molar-refractivity contribution is -0.138. The summed E-state index contributed by atoms with van der Waals surface area (Å²) in [4.78, 5) is 44.4. The summed E-state index contributed by atoms with van der Waals surface area (Å²) in [5.41, 5.74) is 2.77. The number of hydrogen-bond acceptors (Lipinski definition) is 5. The van der Waals surface area contributed by atoms with Gasteiger partial charge in [-0.15, -0.1) is 0 Å². The van der Waals surface area contributed by atoms with Crippen LogP contribution in [0.4, 0.5) is 4.39 Å². The zero-order valence-electron chi connectivity index (χ0n) is 18.0. The molecule has 6 nitrogen and oxygen atoms in total. The van der Waals surface area contributed by atoms with E-state index in [1.807, 2.05) is 0 Å². The molecule has 4 rings (SSSR count). The second-order valence-corrected chi connectivity index (χ2v) is 8.84. The first-order valence-electron chi connectivity index (χ1n) is 10.6. The highest BCUT2D eigenvalue weighted by atomic mass is 35.5. The smallest absolute Gasteiger partial charge is 0.223 e. The van der Waals surface area contributed by atoms with Crippen LogP contribution in [0.25, 0.3) is 11.3 Å². The molecule has 0 radical (unpaired) electrons. The number of aromatic nitrogens is 1. The van der Waals surface area contributed by atoms with E-state index in [1.165, 1.54) is 12.3 Å². The molecular weight excluding hydrogens is 435 g/mol. The van der Waals surface area contributed by atoms with Crippen LogP contribution in [0.1, 0.15) is 35.4 Å². The van der Waals surface area contributed by atoms with E-state index < -0.39 is 17.7 Å². The standard InChI is InChI=1S/C24H24ClFN2O4/c1-13-7-15(23-18(26)11-17(25)12-27-23)8-14(2)21(13)22-19(29)9-16(24(22)31)10-20(30)28-3-5-32-6-4-28/h7-8,11-12,16,22H,3-6,9-10H2,1-2H3. The Morgan fingerprint density at radius 1 is 1.19 bits per heavy atom. The van der Waals surface area contributed by atoms with Crippen LogP contribution < -0.4 is 0 Å². The van der Waals surface area contributed by atoms with Crippen molar-refractivity contribution in [3.63, 3.8) is 0 Å². The molecule has 1 aromatic heterocycles. The third kappa shape index (κ3) is 4.32. The van der Waals surface area contributed by atoms with E-state index in [2.05, 4.69) is 4.98 Å². The van der Waals surface area contributed by atoms with E-state index in [1.54, 1.807) is 30.9 Å². The molecule has 8 heteroatoms. The molecule has 2 atom stereocenters. The number of aryl methyl sites for hydroxylation is 2. The molecule has 1 aliphatic carbocycles. The number of morpholine rings is 1. The molecule has 0 bridgehead atoms. The van der Waals surface area contributed by atoms with Crippen LogP contribution in [-0.4, -0.2) is 53.7 Å². The molecule has 1 saturated heterocycles. The van der Waals surface area contributed by atoms with Crippen LogP contribution in [-0.2, 0) is 19.1 Å². The second kappa shape index (κ2) is 9.08. The molecule has 2 aromatic rings. The Bertz CT molecular complexity index is 1070. The number of rotatable bonds is 4. The third-order valence-corrected chi connectivity index (χ3v) is 6.41. The number of halogens is 2. The maximum absolute atomic E-state index is 14.4. The second-order valence-electron chi connectivity index (χ2n) is 8.41. The number of benzene rings is 1. The monoisotopic (exact) mass is 458 g/mol. The van der Waals surface area contributed by atoms with Gasteiger partial charge < -0.3 is 9.64 Å². The molecule has 168 valence electrons. The van der Waals surface area contributed by atoms with Gasteiger partial charge in [0.05, 0.1) is 18.2 Å². The van der Waals surface area contributed by atoms with Crippen molar-refractivity contribution in [2.45, 2.75) is 32.6 Å². The van der Waals surface area contributed by atoms with Crippen LogP contribution in [0.15, 0.2) is 24.4 Å². The Morgan fingerprint density at radius 2 is 1.84 bits per heavy atom. The number of carbonyl (C=O) groups is 3. The summed E-state index contributed by atoms with van der Waals surface area (Å²) in [7, 11) is 0. The van der Waals surface area contributed by atoms with E-state index in [0.717, 1.165) is 0 Å². The topological polar surface area (TPSA) is 76.6 Å². The highest BCUT2D eigenvalue weighted by Gasteiger charge is 2.44. The number of carbonyl (C=O) groups excluding carboxylic acids is 3. The van der Waals surface area contributed by atoms with Gasteiger partial charge in [-0.05, 0) is 48.7 Å². The van der Waals surface area contributed by atoms with Gasteiger partial charge in [0.15, 0.2) is 11.6 Å². The zero-order valence-corrected chi connectivity index (χ0v) is 18.7. The van der Waals surface area contributed by atoms with Crippen LogP contribution in [0.2, 0.25) is 5.02 Å². The highest BCUT2D eigenvalue weighted by molar-refractivity contribution is 6.30. The van der Waals surface area contributed by atoms with Gasteiger partial charge in [0.2, 0.25) is 5.91 Å². The van der Waals surface area contributed by atoms with E-state index in [4.69, 9.17) is 16.3 Å². The van der Waals surface area contributed by atoms with Crippen molar-refractivity contribution in [2.24, 2.45) is 5.92 Å². The van der Waals surface area contributed by atoms with Crippen LogP contribution >= 0.6 is 11.6 Å². The number of hydrogen-bond donors (Lipinski definition) is 0. The number of amides is 1. The van der Waals surface area contributed by atoms with Crippen LogP contribution in [0, 0.1) is 25.6 Å². The van der Waals surface area contributed by atoms with Gasteiger partial charge in [-0.3, -0.25) is 19.4 Å². The normalized spacial score (nSPS) is 21.3. The molecule has 0 N–H and O–H groups in total. The number of pyridine rings is 1. The van der Waals surface area contributed by atoms with E-state index in [9.17, 15) is 18.8 Å². The molecule has 2 unspecified atom stereocenters. The summed E-state index contributed by atoms with van der Waals surface area (Å²) >= 11 is 5.80. The fourth-order valence-corrected chi connectivity index (χ4v) is 4.82. The minimum absolute atomic E-state index is 0.0388. The first-order chi connectivity index (χ1) is 15.3. The van der Waals surface area contributed by atoms with Gasteiger partial charge >= 0.3 is 0 Å². The average Bonchev–Trinajstić information content (AvgIpc) is 3.01. The summed E-state index contributed by atoms with van der Waals surface area (Å²) in [5.74, 6) is -2.56. The fraction of sp³-hybridized carbons (Fsp3) is 0.417. The molecule has 1 saturated carbocycles. The van der Waals surface area contributed by atoms with Gasteiger partial charge in [0.25, 0.3) is 0 Å². The molecule has 1 aromatic carbocycles. The Hall–Kier alpha value is -2.64. The van der Waals surface area contributed by atoms with Gasteiger partial charge in [-0.1, -0.05) is 11.6 Å². The predicted molar refractivity (Wildman–Crippen MR) is 117 cm³/mol. The summed E-state index contributed by atoms with van der Waals surface area (Å²) in [5, 5.41) is 0.205. The number of Topliss-reactive ketones (excluding diaryl/α,β-unsaturated/α-hetero) is 2. The summed E-state index contributed by atoms with van der Waals surface area (Å²) in [6, 6.07) is 4.66. The van der Waals surface area contributed by atoms with Gasteiger partial charge in [0.1, 0.15) is 17.4 Å². The summed E-state index contributed by atoms with van der Waals surface area (Å²) in [6.45, 7) is 5.58. The van der Waals surface area contributed by atoms with Gasteiger partial charge in [0, 0.05) is 43.6 Å². The molecular formula is C24H24ClFN2O4. The minimum atomic E-state index is -0.894. The predicted octanol–water partition coefficient (Wildman–Crippen LogP) is 3.65. The van der Waals surface area contributed by atoms with Crippen molar-refractivity contribution >= 4 is 29.1 Å². The fourth-order valence-electron chi connectivity index (χ4n) is 4.68. The van der Waals surface area contributed by atoms with Gasteiger partial charge in [-0.2, -0.15) is 0 Å². The van der Waals surface area contributed by atoms with E-state index in [-0.39, 0.29) is 41.0 Å². The molecule has 2 fully saturated rings. The zero-order chi connectivity index (χ0) is 23.0. The van der Waals surface area contributed by atoms with E-state index >= 15 is 0 Å². The Kier molecular flexibility index (Phi) is 6.40. The lowest BCUT2D eigenvalue weighted by atomic mass is 9.85. The summed E-state index contributed by atoms with van der Waals surface area (Å²) < 4.78 is 19.6. The van der Waals surface area contributed by atoms with Crippen LogP contribution in [0.3, 0.4) is 0 Å². The Morgan fingerprint density at radius 3 is 2.47 bits per heavy atom. The highest BCUT2D eigenvalue weighted by Crippen LogP contribution is 2.39. The quantitative estimate of drug-likeness (QED) is 0.654. The lowest BCUT2D eigenvalue weighted by Gasteiger charge is -2.27. The maximum atomic E-state index is 14.4. The molecule has 2 aliphatic rings. The largest absolute Gasteiger partial charge is 0.378 e. The number of ketones is 2. The van der Waals surface area contributed by atoms with Crippen molar-refractivity contribution in [1.82, 2.24) is 9.88 Å². The van der Waals surface area contributed by atoms with E-state index in [0.29, 0.717) is 48.6 Å². The van der Waals surface area contributed by atoms with Crippen LogP contribution in [0.5, 0.6) is 0 Å². The Balaban J connectivity index is 1.58. The SMILES string of the molecule is Cc1cc(-c2ncc(Cl)cc2F)cc(C)c1C1C(=O)CC(CC(=O)N2CCOCC2)C1=O. The third-order valence-electron chi connectivity index (χ3n) is 6.20. The van der Waals surface area contributed by atoms with Crippen molar-refractivity contribution in [2.75, 3.05) is 26.3 Å². The number of nitrogens with zero attached hydrogens (tertiary/aromatic N) is 2. The van der Waals surface area contributed by atoms with Gasteiger partial charge in [-0.25, -0.2) is 4.39 Å². The molecule has 1 aliphatic heterocycles. The molecule has 1 amide bonds. The molecule has 32 heavy (non-hydrogen) atoms. The maximum Gasteiger partial charge on any atom is 0.223 e. The first-order valence-corrected chi connectivity index (χ1v) is 11.0. The number of ether oxygens (including phenoxy) is 1. The van der Waals surface area contributed by atoms with Crippen molar-refractivity contribution in [3.8, 4) is 11.3 Å². The minimum Gasteiger partial charge on any atom is -0.378 e. The van der Waals surface area contributed by atoms with Crippen molar-refractivity contribution in [1.29, 1.82) is 0 Å². The molecule has 0 spiro atoms. The Labute approximate surface area is 190 Å².